The van der Waals surface area contributed by atoms with Gasteiger partial charge in [0.15, 0.2) is 6.29 Å². The lowest BCUT2D eigenvalue weighted by Crippen LogP contribution is -2.43. The summed E-state index contributed by atoms with van der Waals surface area (Å²) >= 11 is 0. The average Bonchev–Trinajstić information content (AvgIpc) is 2.25. The molecule has 5 heteroatoms. The van der Waals surface area contributed by atoms with Crippen molar-refractivity contribution in [3.63, 3.8) is 0 Å². The molecular weight excluding hydrogens is 212 g/mol. The number of aldehydes is 1. The van der Waals surface area contributed by atoms with E-state index in [0.29, 0.717) is 19.1 Å². The Labute approximate surface area is 95.1 Å². The lowest BCUT2D eigenvalue weighted by molar-refractivity contribution is -0.180. The zero-order valence-corrected chi connectivity index (χ0v) is 9.95. The third-order valence-corrected chi connectivity index (χ3v) is 1.85. The highest BCUT2D eigenvalue weighted by Gasteiger charge is 2.38. The summed E-state index contributed by atoms with van der Waals surface area (Å²) in [6.07, 6.45) is 1.70. The van der Waals surface area contributed by atoms with Crippen LogP contribution in [-0.4, -0.2) is 30.4 Å². The predicted octanol–water partition coefficient (Wildman–Crippen LogP) is 1.24. The fourth-order valence-electron chi connectivity index (χ4n) is 0.944. The summed E-state index contributed by atoms with van der Waals surface area (Å²) in [4.78, 5) is 33.5. The van der Waals surface area contributed by atoms with Crippen molar-refractivity contribution in [3.8, 4) is 0 Å². The minimum Gasteiger partial charge on any atom is -0.462 e. The molecule has 92 valence electrons. The zero-order chi connectivity index (χ0) is 12.6. The van der Waals surface area contributed by atoms with Crippen molar-refractivity contribution >= 4 is 18.2 Å². The molecule has 0 saturated carbocycles. The van der Waals surface area contributed by atoms with Gasteiger partial charge in [0.2, 0.25) is 0 Å². The van der Waals surface area contributed by atoms with E-state index in [9.17, 15) is 14.4 Å². The quantitative estimate of drug-likeness (QED) is 0.374. The first-order valence-corrected chi connectivity index (χ1v) is 5.35. The molecule has 16 heavy (non-hydrogen) atoms. The van der Waals surface area contributed by atoms with Gasteiger partial charge >= 0.3 is 11.9 Å². The molecular formula is C11H18O5. The Morgan fingerprint density at radius 2 is 1.88 bits per heavy atom. The molecule has 0 fully saturated rings. The molecule has 0 aromatic rings. The Hall–Kier alpha value is -1.39. The zero-order valence-electron chi connectivity index (χ0n) is 9.95. The molecule has 0 aliphatic heterocycles. The highest BCUT2D eigenvalue weighted by atomic mass is 16.6. The minimum absolute atomic E-state index is 0.171. The molecule has 0 bridgehead atoms. The largest absolute Gasteiger partial charge is 0.462 e. The van der Waals surface area contributed by atoms with Crippen molar-refractivity contribution in [2.24, 2.45) is 0 Å². The fraction of sp³-hybridized carbons (Fsp3) is 0.727. The highest BCUT2D eigenvalue weighted by Crippen LogP contribution is 2.12. The average molecular weight is 230 g/mol. The maximum atomic E-state index is 11.5. The van der Waals surface area contributed by atoms with Crippen LogP contribution in [0.1, 0.15) is 40.0 Å². The molecule has 0 rings (SSSR count). The second-order valence-corrected chi connectivity index (χ2v) is 3.58. The van der Waals surface area contributed by atoms with E-state index in [1.165, 1.54) is 6.92 Å². The highest BCUT2D eigenvalue weighted by molar-refractivity contribution is 5.98. The Balaban J connectivity index is 4.45. The second kappa shape index (κ2) is 6.98. The van der Waals surface area contributed by atoms with Crippen LogP contribution < -0.4 is 0 Å². The van der Waals surface area contributed by atoms with Gasteiger partial charge in [-0.1, -0.05) is 13.8 Å². The maximum absolute atomic E-state index is 11.5. The molecule has 0 aromatic carbocycles. The van der Waals surface area contributed by atoms with Crippen LogP contribution in [0.5, 0.6) is 0 Å². The molecule has 0 aromatic heterocycles. The van der Waals surface area contributed by atoms with Gasteiger partial charge in [-0.15, -0.1) is 0 Å². The number of rotatable bonds is 7. The molecule has 0 N–H and O–H groups in total. The first-order valence-electron chi connectivity index (χ1n) is 5.35. The van der Waals surface area contributed by atoms with Crippen LogP contribution >= 0.6 is 0 Å². The second-order valence-electron chi connectivity index (χ2n) is 3.58. The third kappa shape index (κ3) is 4.42. The van der Waals surface area contributed by atoms with Crippen LogP contribution in [0.2, 0.25) is 0 Å². The van der Waals surface area contributed by atoms with Gasteiger partial charge in [-0.3, -0.25) is 9.59 Å². The van der Waals surface area contributed by atoms with E-state index in [0.717, 1.165) is 0 Å². The van der Waals surface area contributed by atoms with Crippen LogP contribution in [0, 0.1) is 0 Å². The first kappa shape index (κ1) is 14.6. The summed E-state index contributed by atoms with van der Waals surface area (Å²) in [5.74, 6) is -1.40. The first-order chi connectivity index (χ1) is 7.50. The van der Waals surface area contributed by atoms with E-state index in [-0.39, 0.29) is 13.0 Å². The molecule has 0 aliphatic carbocycles. The Morgan fingerprint density at radius 1 is 1.25 bits per heavy atom. The molecule has 0 saturated heterocycles. The van der Waals surface area contributed by atoms with Crippen LogP contribution in [0.15, 0.2) is 0 Å². The van der Waals surface area contributed by atoms with Gasteiger partial charge < -0.3 is 9.47 Å². The molecule has 5 nitrogen and oxygen atoms in total. The van der Waals surface area contributed by atoms with E-state index < -0.39 is 17.5 Å². The standard InChI is InChI=1S/C11H18O5/c1-4-6-9(13)16-11(3,8-12)10(14)15-7-5-2/h8H,4-7H2,1-3H3. The van der Waals surface area contributed by atoms with Crippen LogP contribution in [0.25, 0.3) is 0 Å². The topological polar surface area (TPSA) is 69.7 Å². The minimum atomic E-state index is -1.82. The van der Waals surface area contributed by atoms with Crippen molar-refractivity contribution < 1.29 is 23.9 Å². The van der Waals surface area contributed by atoms with Gasteiger partial charge in [-0.25, -0.2) is 4.79 Å². The van der Waals surface area contributed by atoms with E-state index >= 15 is 0 Å². The summed E-state index contributed by atoms with van der Waals surface area (Å²) in [5.41, 5.74) is -1.82. The number of esters is 2. The van der Waals surface area contributed by atoms with Crippen molar-refractivity contribution in [2.45, 2.75) is 45.6 Å². The molecule has 0 radical (unpaired) electrons. The third-order valence-electron chi connectivity index (χ3n) is 1.85. The smallest absolute Gasteiger partial charge is 0.357 e. The summed E-state index contributed by atoms with van der Waals surface area (Å²) in [6, 6.07) is 0. The Morgan fingerprint density at radius 3 is 2.31 bits per heavy atom. The number of hydrogen-bond donors (Lipinski definition) is 0. The summed E-state index contributed by atoms with van der Waals surface area (Å²) in [6.45, 7) is 5.06. The van der Waals surface area contributed by atoms with Gasteiger partial charge in [-0.2, -0.15) is 0 Å². The van der Waals surface area contributed by atoms with Gasteiger partial charge in [-0.05, 0) is 19.8 Å². The summed E-state index contributed by atoms with van der Waals surface area (Å²) < 4.78 is 9.58. The Kier molecular flexibility index (Phi) is 6.37. The van der Waals surface area contributed by atoms with Gasteiger partial charge in [0, 0.05) is 6.42 Å². The van der Waals surface area contributed by atoms with E-state index in [1.807, 2.05) is 6.92 Å². The number of carbonyl (C=O) groups is 3. The summed E-state index contributed by atoms with van der Waals surface area (Å²) in [5, 5.41) is 0. The van der Waals surface area contributed by atoms with Crippen LogP contribution in [0.4, 0.5) is 0 Å². The number of hydrogen-bond acceptors (Lipinski definition) is 5. The van der Waals surface area contributed by atoms with E-state index in [2.05, 4.69) is 0 Å². The van der Waals surface area contributed by atoms with Crippen molar-refractivity contribution in [3.05, 3.63) is 0 Å². The molecule has 1 atom stereocenters. The SMILES string of the molecule is CCCOC(=O)C(C)(C=O)OC(=O)CCC. The molecule has 0 spiro atoms. The van der Waals surface area contributed by atoms with Crippen molar-refractivity contribution in [1.82, 2.24) is 0 Å². The van der Waals surface area contributed by atoms with Gasteiger partial charge in [0.25, 0.3) is 5.60 Å². The molecule has 0 amide bonds. The lowest BCUT2D eigenvalue weighted by Gasteiger charge is -2.21. The Bertz CT molecular complexity index is 261. The van der Waals surface area contributed by atoms with Crippen molar-refractivity contribution in [2.75, 3.05) is 6.61 Å². The van der Waals surface area contributed by atoms with Crippen LogP contribution in [-0.2, 0) is 23.9 Å². The molecule has 0 heterocycles. The monoisotopic (exact) mass is 230 g/mol. The number of carbonyl (C=O) groups excluding carboxylic acids is 3. The van der Waals surface area contributed by atoms with Gasteiger partial charge in [0.05, 0.1) is 6.61 Å². The van der Waals surface area contributed by atoms with Crippen molar-refractivity contribution in [1.29, 1.82) is 0 Å². The van der Waals surface area contributed by atoms with Crippen LogP contribution in [0.3, 0.4) is 0 Å². The predicted molar refractivity (Wildman–Crippen MR) is 56.7 cm³/mol. The van der Waals surface area contributed by atoms with E-state index in [4.69, 9.17) is 9.47 Å². The molecule has 1 unspecified atom stereocenters. The van der Waals surface area contributed by atoms with Gasteiger partial charge in [0.1, 0.15) is 0 Å². The normalized spacial score (nSPS) is 13.7. The maximum Gasteiger partial charge on any atom is 0.357 e. The van der Waals surface area contributed by atoms with E-state index in [1.54, 1.807) is 6.92 Å². The summed E-state index contributed by atoms with van der Waals surface area (Å²) in [7, 11) is 0. The molecule has 0 aliphatic rings. The number of ether oxygens (including phenoxy) is 2. The lowest BCUT2D eigenvalue weighted by atomic mass is 10.1. The fourth-order valence-corrected chi connectivity index (χ4v) is 0.944.